The molecule has 0 radical (unpaired) electrons. The lowest BCUT2D eigenvalue weighted by atomic mass is 9.96. The van der Waals surface area contributed by atoms with E-state index in [0.29, 0.717) is 5.15 Å². The van der Waals surface area contributed by atoms with Crippen molar-refractivity contribution in [3.8, 4) is 0 Å². The number of halogens is 2. The molecule has 0 saturated heterocycles. The molecule has 1 unspecified atom stereocenters. The molecule has 0 bridgehead atoms. The number of hydrogen-bond acceptors (Lipinski definition) is 2. The van der Waals surface area contributed by atoms with Crippen LogP contribution in [0.2, 0.25) is 5.15 Å². The second-order valence-electron chi connectivity index (χ2n) is 3.77. The van der Waals surface area contributed by atoms with Gasteiger partial charge in [0.15, 0.2) is 0 Å². The molecule has 4 heteroatoms. The highest BCUT2D eigenvalue weighted by atomic mass is 79.9. The number of benzene rings is 1. The van der Waals surface area contributed by atoms with E-state index in [4.69, 9.17) is 11.6 Å². The average molecular weight is 301 g/mol. The normalized spacial score (nSPS) is 13.0. The van der Waals surface area contributed by atoms with E-state index in [1.54, 1.807) is 6.20 Å². The Morgan fingerprint density at radius 3 is 2.88 bits per heavy atom. The minimum absolute atomic E-state index is 0.0917. The van der Waals surface area contributed by atoms with Gasteiger partial charge in [0, 0.05) is 28.6 Å². The van der Waals surface area contributed by atoms with Gasteiger partial charge < -0.3 is 5.11 Å². The highest BCUT2D eigenvalue weighted by Crippen LogP contribution is 2.31. The Balaban J connectivity index is 2.75. The minimum atomic E-state index is 0.0917. The Labute approximate surface area is 107 Å². The van der Waals surface area contributed by atoms with E-state index in [0.717, 1.165) is 20.8 Å². The van der Waals surface area contributed by atoms with Crippen molar-refractivity contribution < 1.29 is 5.11 Å². The van der Waals surface area contributed by atoms with Crippen LogP contribution < -0.4 is 0 Å². The van der Waals surface area contributed by atoms with Gasteiger partial charge in [0.2, 0.25) is 0 Å². The van der Waals surface area contributed by atoms with E-state index in [2.05, 4.69) is 20.9 Å². The first-order valence-corrected chi connectivity index (χ1v) is 6.15. The topological polar surface area (TPSA) is 33.1 Å². The van der Waals surface area contributed by atoms with Gasteiger partial charge in [-0.15, -0.1) is 0 Å². The van der Waals surface area contributed by atoms with Crippen LogP contribution in [0.3, 0.4) is 0 Å². The lowest BCUT2D eigenvalue weighted by Gasteiger charge is -2.13. The summed E-state index contributed by atoms with van der Waals surface area (Å²) in [6.07, 6.45) is 1.75. The summed E-state index contributed by atoms with van der Waals surface area (Å²) in [6, 6.07) is 5.81. The lowest BCUT2D eigenvalue weighted by Crippen LogP contribution is -2.00. The third kappa shape index (κ3) is 2.08. The van der Waals surface area contributed by atoms with Crippen LogP contribution in [0.5, 0.6) is 0 Å². The summed E-state index contributed by atoms with van der Waals surface area (Å²) in [5.74, 6) is 0.0917. The molecule has 1 aromatic heterocycles. The molecule has 0 saturated carbocycles. The summed E-state index contributed by atoms with van der Waals surface area (Å²) in [7, 11) is 0. The van der Waals surface area contributed by atoms with Gasteiger partial charge in [-0.3, -0.25) is 0 Å². The molecule has 1 heterocycles. The average Bonchev–Trinajstić information content (AvgIpc) is 2.28. The number of rotatable bonds is 2. The van der Waals surface area contributed by atoms with Crippen molar-refractivity contribution in [2.45, 2.75) is 12.8 Å². The van der Waals surface area contributed by atoms with Crippen LogP contribution in [0.15, 0.2) is 28.9 Å². The van der Waals surface area contributed by atoms with Gasteiger partial charge in [0.25, 0.3) is 0 Å². The van der Waals surface area contributed by atoms with Crippen LogP contribution in [0.1, 0.15) is 18.4 Å². The molecule has 0 spiro atoms. The van der Waals surface area contributed by atoms with Gasteiger partial charge >= 0.3 is 0 Å². The maximum absolute atomic E-state index is 9.23. The van der Waals surface area contributed by atoms with E-state index in [9.17, 15) is 5.11 Å². The maximum Gasteiger partial charge on any atom is 0.129 e. The van der Waals surface area contributed by atoms with E-state index in [-0.39, 0.29) is 12.5 Å². The van der Waals surface area contributed by atoms with Gasteiger partial charge in [0.1, 0.15) is 5.15 Å². The van der Waals surface area contributed by atoms with Crippen LogP contribution in [-0.4, -0.2) is 16.7 Å². The van der Waals surface area contributed by atoms with E-state index in [1.165, 1.54) is 0 Å². The molecule has 2 aromatic rings. The fourth-order valence-electron chi connectivity index (χ4n) is 1.73. The van der Waals surface area contributed by atoms with Crippen LogP contribution in [-0.2, 0) is 0 Å². The monoisotopic (exact) mass is 299 g/mol. The van der Waals surface area contributed by atoms with Crippen LogP contribution in [0.4, 0.5) is 0 Å². The van der Waals surface area contributed by atoms with Crippen molar-refractivity contribution in [1.29, 1.82) is 0 Å². The quantitative estimate of drug-likeness (QED) is 0.857. The second-order valence-corrected chi connectivity index (χ2v) is 5.01. The number of fused-ring (bicyclic) bond motifs is 1. The number of aliphatic hydroxyl groups excluding tert-OH is 1. The molecule has 0 fully saturated rings. The molecule has 0 amide bonds. The van der Waals surface area contributed by atoms with Gasteiger partial charge in [-0.25, -0.2) is 4.98 Å². The van der Waals surface area contributed by atoms with Gasteiger partial charge in [-0.1, -0.05) is 40.5 Å². The molecular weight excluding hydrogens is 289 g/mol. The third-order valence-electron chi connectivity index (χ3n) is 2.65. The third-order valence-corrected chi connectivity index (χ3v) is 3.55. The van der Waals surface area contributed by atoms with Crippen LogP contribution in [0, 0.1) is 0 Å². The lowest BCUT2D eigenvalue weighted by molar-refractivity contribution is 0.273. The van der Waals surface area contributed by atoms with Crippen molar-refractivity contribution in [3.63, 3.8) is 0 Å². The molecule has 1 N–H and O–H groups in total. The molecule has 2 rings (SSSR count). The highest BCUT2D eigenvalue weighted by Gasteiger charge is 2.11. The summed E-state index contributed by atoms with van der Waals surface area (Å²) in [6.45, 7) is 2.10. The molecule has 1 aromatic carbocycles. The summed E-state index contributed by atoms with van der Waals surface area (Å²) in [5.41, 5.74) is 1.09. The Hall–Kier alpha value is -0.640. The molecule has 1 atom stereocenters. The zero-order valence-electron chi connectivity index (χ0n) is 8.74. The summed E-state index contributed by atoms with van der Waals surface area (Å²) >= 11 is 9.38. The number of pyridine rings is 1. The van der Waals surface area contributed by atoms with Crippen LogP contribution in [0.25, 0.3) is 10.8 Å². The van der Waals surface area contributed by atoms with Crippen molar-refractivity contribution in [3.05, 3.63) is 39.6 Å². The molecule has 0 aliphatic heterocycles. The number of nitrogens with zero attached hydrogens (tertiary/aromatic N) is 1. The largest absolute Gasteiger partial charge is 0.396 e. The van der Waals surface area contributed by atoms with E-state index >= 15 is 0 Å². The predicted molar refractivity (Wildman–Crippen MR) is 70.0 cm³/mol. The predicted octanol–water partition coefficient (Wildman–Crippen LogP) is 3.75. The van der Waals surface area contributed by atoms with Gasteiger partial charge in [0.05, 0.1) is 0 Å². The highest BCUT2D eigenvalue weighted by molar-refractivity contribution is 9.10. The first-order valence-electron chi connectivity index (χ1n) is 4.98. The Morgan fingerprint density at radius 1 is 1.44 bits per heavy atom. The Bertz CT molecular complexity index is 530. The molecule has 16 heavy (non-hydrogen) atoms. The maximum atomic E-state index is 9.23. The zero-order valence-corrected chi connectivity index (χ0v) is 11.1. The standard InChI is InChI=1S/C12H11BrClNO/c1-7(6-16)8-2-3-11(13)10-5-15-12(14)4-9(8)10/h2-5,7,16H,6H2,1H3. The molecule has 84 valence electrons. The van der Waals surface area contributed by atoms with E-state index < -0.39 is 0 Å². The fourth-order valence-corrected chi connectivity index (χ4v) is 2.34. The number of hydrogen-bond donors (Lipinski definition) is 1. The number of aromatic nitrogens is 1. The smallest absolute Gasteiger partial charge is 0.129 e. The van der Waals surface area contributed by atoms with Crippen LogP contribution >= 0.6 is 27.5 Å². The molecule has 0 aliphatic carbocycles. The van der Waals surface area contributed by atoms with Gasteiger partial charge in [-0.2, -0.15) is 0 Å². The first kappa shape index (κ1) is 11.8. The Kier molecular flexibility index (Phi) is 3.47. The van der Waals surface area contributed by atoms with Crippen molar-refractivity contribution in [1.82, 2.24) is 4.98 Å². The van der Waals surface area contributed by atoms with Gasteiger partial charge in [-0.05, 0) is 23.1 Å². The minimum Gasteiger partial charge on any atom is -0.396 e. The first-order chi connectivity index (χ1) is 7.63. The Morgan fingerprint density at radius 2 is 2.19 bits per heavy atom. The fraction of sp³-hybridized carbons (Fsp3) is 0.250. The summed E-state index contributed by atoms with van der Waals surface area (Å²) < 4.78 is 0.987. The SMILES string of the molecule is CC(CO)c1ccc(Br)c2cnc(Cl)cc12. The van der Waals surface area contributed by atoms with Crippen molar-refractivity contribution >= 4 is 38.3 Å². The zero-order chi connectivity index (χ0) is 11.7. The van der Waals surface area contributed by atoms with Crippen molar-refractivity contribution in [2.75, 3.05) is 6.61 Å². The van der Waals surface area contributed by atoms with E-state index in [1.807, 2.05) is 25.1 Å². The molecule has 0 aliphatic rings. The van der Waals surface area contributed by atoms with Crippen molar-refractivity contribution in [2.24, 2.45) is 0 Å². The molecule has 2 nitrogen and oxygen atoms in total. The number of aliphatic hydroxyl groups is 1. The second kappa shape index (κ2) is 4.70. The summed E-state index contributed by atoms with van der Waals surface area (Å²) in [4.78, 5) is 4.07. The summed E-state index contributed by atoms with van der Waals surface area (Å²) in [5, 5.41) is 11.7. The molecular formula is C12H11BrClNO.